The van der Waals surface area contributed by atoms with E-state index in [1.165, 1.54) is 7.11 Å². The number of aryl methyl sites for hydroxylation is 1. The number of ether oxygens (including phenoxy) is 2. The first-order valence-electron chi connectivity index (χ1n) is 11.3. The molecule has 4 rings (SSSR count). The van der Waals surface area contributed by atoms with Crippen LogP contribution in [0.3, 0.4) is 0 Å². The molecule has 8 nitrogen and oxygen atoms in total. The van der Waals surface area contributed by atoms with Gasteiger partial charge in [0.2, 0.25) is 5.91 Å². The Labute approximate surface area is 218 Å². The lowest BCUT2D eigenvalue weighted by Gasteiger charge is -2.13. The number of thioether (sulfide) groups is 1. The highest BCUT2D eigenvalue weighted by Crippen LogP contribution is 2.35. The van der Waals surface area contributed by atoms with Gasteiger partial charge in [-0.1, -0.05) is 42.5 Å². The van der Waals surface area contributed by atoms with Gasteiger partial charge in [0, 0.05) is 11.3 Å². The third kappa shape index (κ3) is 6.00. The third-order valence-electron chi connectivity index (χ3n) is 5.60. The van der Waals surface area contributed by atoms with Gasteiger partial charge in [-0.15, -0.1) is 0 Å². The number of methoxy groups -OCH3 is 1. The number of carbonyl (C=O) groups is 3. The SMILES string of the molecule is COc1cc(/C=C2\SC(=O)N(CC(=O)Nc3ccccc3C)C2=O)ccc1OCc1ccccc1C#N. The van der Waals surface area contributed by atoms with Crippen molar-refractivity contribution in [3.63, 3.8) is 0 Å². The fraction of sp³-hybridized carbons (Fsp3) is 0.143. The van der Waals surface area contributed by atoms with Crippen molar-refractivity contribution >= 4 is 40.6 Å². The number of amides is 3. The van der Waals surface area contributed by atoms with Crippen LogP contribution >= 0.6 is 11.8 Å². The summed E-state index contributed by atoms with van der Waals surface area (Å²) in [6.45, 7) is 1.66. The second-order valence-electron chi connectivity index (χ2n) is 8.10. The molecule has 3 aromatic rings. The van der Waals surface area contributed by atoms with Gasteiger partial charge >= 0.3 is 0 Å². The average molecular weight is 514 g/mol. The van der Waals surface area contributed by atoms with Crippen LogP contribution in [0.1, 0.15) is 22.3 Å². The summed E-state index contributed by atoms with van der Waals surface area (Å²) < 4.78 is 11.3. The Morgan fingerprint density at radius 1 is 1.08 bits per heavy atom. The zero-order valence-corrected chi connectivity index (χ0v) is 21.0. The van der Waals surface area contributed by atoms with Gasteiger partial charge in [0.05, 0.1) is 23.6 Å². The number of nitrogens with one attached hydrogen (secondary N) is 1. The van der Waals surface area contributed by atoms with Gasteiger partial charge in [0.25, 0.3) is 11.1 Å². The zero-order valence-electron chi connectivity index (χ0n) is 20.2. The zero-order chi connectivity index (χ0) is 26.4. The quantitative estimate of drug-likeness (QED) is 0.416. The number of rotatable bonds is 8. The molecule has 3 amide bonds. The number of anilines is 1. The molecule has 0 aliphatic carbocycles. The molecule has 0 unspecified atom stereocenters. The standard InChI is InChI=1S/C28H23N3O5S/c1-18-7-3-6-10-22(18)30-26(32)16-31-27(33)25(37-28(31)34)14-19-11-12-23(24(13-19)35-2)36-17-21-9-5-4-8-20(21)15-29/h3-14H,16-17H2,1-2H3,(H,30,32)/b25-14-. The topological polar surface area (TPSA) is 109 Å². The molecule has 1 heterocycles. The summed E-state index contributed by atoms with van der Waals surface area (Å²) in [5.41, 5.74) is 3.40. The predicted molar refractivity (Wildman–Crippen MR) is 141 cm³/mol. The monoisotopic (exact) mass is 513 g/mol. The first kappa shape index (κ1) is 25.5. The molecule has 1 aliphatic rings. The molecule has 0 aromatic heterocycles. The minimum absolute atomic E-state index is 0.183. The van der Waals surface area contributed by atoms with Gasteiger partial charge in [-0.25, -0.2) is 0 Å². The summed E-state index contributed by atoms with van der Waals surface area (Å²) in [6, 6.07) is 21.7. The van der Waals surface area contributed by atoms with Crippen molar-refractivity contribution in [2.45, 2.75) is 13.5 Å². The Balaban J connectivity index is 1.44. The summed E-state index contributed by atoms with van der Waals surface area (Å²) in [5, 5.41) is 11.5. The number of imide groups is 1. The van der Waals surface area contributed by atoms with E-state index in [1.807, 2.05) is 31.2 Å². The highest BCUT2D eigenvalue weighted by atomic mass is 32.2. The summed E-state index contributed by atoms with van der Waals surface area (Å²) in [7, 11) is 1.50. The van der Waals surface area contributed by atoms with Gasteiger partial charge in [-0.05, 0) is 60.2 Å². The lowest BCUT2D eigenvalue weighted by Crippen LogP contribution is -2.36. The van der Waals surface area contributed by atoms with Crippen molar-refractivity contribution in [3.8, 4) is 17.6 Å². The number of nitriles is 1. The van der Waals surface area contributed by atoms with E-state index in [1.54, 1.807) is 48.5 Å². The van der Waals surface area contributed by atoms with Gasteiger partial charge < -0.3 is 14.8 Å². The van der Waals surface area contributed by atoms with Crippen molar-refractivity contribution < 1.29 is 23.9 Å². The van der Waals surface area contributed by atoms with Crippen LogP contribution in [0.4, 0.5) is 10.5 Å². The molecule has 37 heavy (non-hydrogen) atoms. The van der Waals surface area contributed by atoms with Crippen molar-refractivity contribution in [1.82, 2.24) is 4.90 Å². The van der Waals surface area contributed by atoms with E-state index >= 15 is 0 Å². The maximum atomic E-state index is 12.9. The van der Waals surface area contributed by atoms with E-state index in [9.17, 15) is 19.6 Å². The van der Waals surface area contributed by atoms with E-state index in [0.717, 1.165) is 27.8 Å². The maximum Gasteiger partial charge on any atom is 0.294 e. The Bertz CT molecular complexity index is 1440. The van der Waals surface area contributed by atoms with Gasteiger partial charge in [0.15, 0.2) is 11.5 Å². The highest BCUT2D eigenvalue weighted by Gasteiger charge is 2.36. The second-order valence-corrected chi connectivity index (χ2v) is 9.09. The van der Waals surface area contributed by atoms with E-state index in [-0.39, 0.29) is 18.1 Å². The van der Waals surface area contributed by atoms with Crippen molar-refractivity contribution in [2.24, 2.45) is 0 Å². The predicted octanol–water partition coefficient (Wildman–Crippen LogP) is 5.13. The lowest BCUT2D eigenvalue weighted by molar-refractivity contribution is -0.127. The van der Waals surface area contributed by atoms with Crippen LogP contribution in [0.2, 0.25) is 0 Å². The van der Waals surface area contributed by atoms with Gasteiger partial charge in [0.1, 0.15) is 13.2 Å². The minimum atomic E-state index is -0.540. The molecule has 0 saturated carbocycles. The summed E-state index contributed by atoms with van der Waals surface area (Å²) >= 11 is 0.773. The van der Waals surface area contributed by atoms with Crippen LogP contribution in [0.25, 0.3) is 6.08 Å². The number of hydrogen-bond acceptors (Lipinski definition) is 7. The van der Waals surface area contributed by atoms with Gasteiger partial charge in [-0.3, -0.25) is 19.3 Å². The maximum absolute atomic E-state index is 12.9. The van der Waals surface area contributed by atoms with E-state index in [2.05, 4.69) is 11.4 Å². The number of hydrogen-bond donors (Lipinski definition) is 1. The molecule has 1 N–H and O–H groups in total. The molecular weight excluding hydrogens is 490 g/mol. The first-order valence-corrected chi connectivity index (χ1v) is 12.1. The summed E-state index contributed by atoms with van der Waals surface area (Å²) in [5.74, 6) is -0.102. The molecule has 9 heteroatoms. The van der Waals surface area contributed by atoms with Crippen LogP contribution in [0, 0.1) is 18.3 Å². The van der Waals surface area contributed by atoms with Crippen LogP contribution in [0.5, 0.6) is 11.5 Å². The van der Waals surface area contributed by atoms with Crippen molar-refractivity contribution in [1.29, 1.82) is 5.26 Å². The number of para-hydroxylation sites is 1. The van der Waals surface area contributed by atoms with E-state index < -0.39 is 17.1 Å². The fourth-order valence-corrected chi connectivity index (χ4v) is 4.48. The smallest absolute Gasteiger partial charge is 0.294 e. The minimum Gasteiger partial charge on any atom is -0.493 e. The van der Waals surface area contributed by atoms with Gasteiger partial charge in [-0.2, -0.15) is 5.26 Å². The summed E-state index contributed by atoms with van der Waals surface area (Å²) in [6.07, 6.45) is 1.57. The largest absolute Gasteiger partial charge is 0.493 e. The number of carbonyl (C=O) groups excluding carboxylic acids is 3. The van der Waals surface area contributed by atoms with Crippen molar-refractivity contribution in [2.75, 3.05) is 19.0 Å². The van der Waals surface area contributed by atoms with E-state index in [4.69, 9.17) is 9.47 Å². The lowest BCUT2D eigenvalue weighted by atomic mass is 10.1. The van der Waals surface area contributed by atoms with E-state index in [0.29, 0.717) is 28.3 Å². The average Bonchev–Trinajstić information content (AvgIpc) is 3.16. The van der Waals surface area contributed by atoms with Crippen LogP contribution in [-0.2, 0) is 16.2 Å². The molecule has 1 saturated heterocycles. The molecule has 3 aromatic carbocycles. The molecule has 0 radical (unpaired) electrons. The Kier molecular flexibility index (Phi) is 7.91. The second kappa shape index (κ2) is 11.5. The van der Waals surface area contributed by atoms with Crippen LogP contribution in [-0.4, -0.2) is 35.6 Å². The molecule has 0 atom stereocenters. The van der Waals surface area contributed by atoms with Crippen molar-refractivity contribution in [3.05, 3.63) is 93.9 Å². The number of benzene rings is 3. The molecule has 1 aliphatic heterocycles. The Morgan fingerprint density at radius 2 is 1.84 bits per heavy atom. The Hall–Kier alpha value is -4.55. The molecular formula is C28H23N3O5S. The molecule has 0 bridgehead atoms. The number of nitrogens with zero attached hydrogens (tertiary/aromatic N) is 2. The Morgan fingerprint density at radius 3 is 2.59 bits per heavy atom. The third-order valence-corrected chi connectivity index (χ3v) is 6.51. The normalized spacial score (nSPS) is 14.0. The molecule has 1 fully saturated rings. The first-order chi connectivity index (χ1) is 17.9. The summed E-state index contributed by atoms with van der Waals surface area (Å²) in [4.78, 5) is 38.9. The van der Waals surface area contributed by atoms with Crippen LogP contribution < -0.4 is 14.8 Å². The fourth-order valence-electron chi connectivity index (χ4n) is 3.64. The molecule has 186 valence electrons. The van der Waals surface area contributed by atoms with Crippen LogP contribution in [0.15, 0.2) is 71.6 Å². The highest BCUT2D eigenvalue weighted by molar-refractivity contribution is 8.18. The molecule has 0 spiro atoms.